The van der Waals surface area contributed by atoms with Crippen molar-refractivity contribution in [1.29, 1.82) is 0 Å². The molecule has 0 atom stereocenters. The van der Waals surface area contributed by atoms with Gasteiger partial charge >= 0.3 is 0 Å². The Balaban J connectivity index is 2.21. The van der Waals surface area contributed by atoms with Gasteiger partial charge in [-0.2, -0.15) is 0 Å². The van der Waals surface area contributed by atoms with Crippen molar-refractivity contribution in [3.8, 4) is 28.2 Å². The van der Waals surface area contributed by atoms with Crippen LogP contribution in [-0.2, 0) is 0 Å². The van der Waals surface area contributed by atoms with Gasteiger partial charge in [0.25, 0.3) is 0 Å². The van der Waals surface area contributed by atoms with Gasteiger partial charge in [0.15, 0.2) is 11.2 Å². The molecule has 2 aromatic rings. The third kappa shape index (κ3) is 2.77. The summed E-state index contributed by atoms with van der Waals surface area (Å²) in [6.45, 7) is 1.44. The highest BCUT2D eigenvalue weighted by atomic mass is 16.3. The van der Waals surface area contributed by atoms with Crippen LogP contribution in [0.3, 0.4) is 0 Å². The Labute approximate surface area is 153 Å². The number of Topliss-reactive ketones (excluding diaryl/α,β-unsaturated/α-hetero) is 1. The highest BCUT2D eigenvalue weighted by Crippen LogP contribution is 2.44. The summed E-state index contributed by atoms with van der Waals surface area (Å²) in [5, 5.41) is 13.5. The summed E-state index contributed by atoms with van der Waals surface area (Å²) in [4.78, 5) is 35.0. The molecule has 0 unspecified atom stereocenters. The van der Waals surface area contributed by atoms with Gasteiger partial charge in [0, 0.05) is 39.8 Å². The number of hydrogen-bond acceptors (Lipinski definition) is 6. The fourth-order valence-corrected chi connectivity index (χ4v) is 3.18. The molecule has 0 spiro atoms. The maximum Gasteiger partial charge on any atom is 0.182 e. The van der Waals surface area contributed by atoms with Crippen LogP contribution >= 0.6 is 0 Å². The van der Waals surface area contributed by atoms with E-state index in [0.717, 1.165) is 0 Å². The van der Waals surface area contributed by atoms with E-state index in [1.54, 1.807) is 24.3 Å². The van der Waals surface area contributed by atoms with E-state index in [1.807, 2.05) is 0 Å². The Morgan fingerprint density at radius 2 is 1.81 bits per heavy atom. The molecule has 0 saturated heterocycles. The number of nitrogens with zero attached hydrogens (tertiary/aromatic N) is 1. The van der Waals surface area contributed by atoms with Gasteiger partial charge in [0.1, 0.15) is 22.8 Å². The topological polar surface area (TPSA) is 96.9 Å². The van der Waals surface area contributed by atoms with Crippen LogP contribution in [0.25, 0.3) is 33.4 Å². The predicted molar refractivity (Wildman–Crippen MR) is 102 cm³/mol. The molecule has 0 aromatic heterocycles. The van der Waals surface area contributed by atoms with E-state index in [2.05, 4.69) is 5.18 Å². The smallest absolute Gasteiger partial charge is 0.182 e. The normalized spacial score (nSPS) is 11.0. The first-order valence-electron chi connectivity index (χ1n) is 8.16. The molecule has 0 amide bonds. The van der Waals surface area contributed by atoms with Crippen LogP contribution in [0.2, 0.25) is 0 Å². The van der Waals surface area contributed by atoms with Crippen molar-refractivity contribution in [2.24, 2.45) is 5.18 Å². The van der Waals surface area contributed by atoms with Gasteiger partial charge in [0.2, 0.25) is 0 Å². The van der Waals surface area contributed by atoms with E-state index in [1.165, 1.54) is 37.3 Å². The maximum atomic E-state index is 11.8. The minimum Gasteiger partial charge on any atom is -0.508 e. The highest BCUT2D eigenvalue weighted by molar-refractivity contribution is 6.06. The lowest BCUT2D eigenvalue weighted by Gasteiger charge is -2.16. The van der Waals surface area contributed by atoms with Gasteiger partial charge < -0.3 is 9.52 Å². The summed E-state index contributed by atoms with van der Waals surface area (Å²) in [6.07, 6.45) is 0. The third-order valence-corrected chi connectivity index (χ3v) is 4.45. The molecule has 4 rings (SSSR count). The second-order valence-electron chi connectivity index (χ2n) is 6.19. The summed E-state index contributed by atoms with van der Waals surface area (Å²) in [5.41, 5.74) is 2.35. The monoisotopic (exact) mass is 359 g/mol. The first-order valence-corrected chi connectivity index (χ1v) is 8.16. The van der Waals surface area contributed by atoms with E-state index in [4.69, 9.17) is 4.42 Å². The molecule has 1 heterocycles. The van der Waals surface area contributed by atoms with E-state index >= 15 is 0 Å². The fraction of sp³-hybridized carbons (Fsp3) is 0.0476. The molecule has 27 heavy (non-hydrogen) atoms. The van der Waals surface area contributed by atoms with E-state index < -0.39 is 0 Å². The number of phenols is 1. The van der Waals surface area contributed by atoms with Crippen LogP contribution in [0.1, 0.15) is 17.3 Å². The Bertz CT molecular complexity index is 1260. The molecule has 6 heteroatoms. The molecule has 0 radical (unpaired) electrons. The molecule has 2 aliphatic rings. The van der Waals surface area contributed by atoms with E-state index in [0.29, 0.717) is 39.0 Å². The number of carbonyl (C=O) groups excluding carboxylic acids is 1. The summed E-state index contributed by atoms with van der Waals surface area (Å²) in [7, 11) is 0. The van der Waals surface area contributed by atoms with Gasteiger partial charge in [-0.05, 0) is 54.6 Å². The highest BCUT2D eigenvalue weighted by Gasteiger charge is 2.21. The lowest BCUT2D eigenvalue weighted by molar-refractivity contribution is 0.101. The predicted octanol–water partition coefficient (Wildman–Crippen LogP) is 4.87. The van der Waals surface area contributed by atoms with Gasteiger partial charge in [-0.3, -0.25) is 9.59 Å². The van der Waals surface area contributed by atoms with Crippen LogP contribution in [0.4, 0.5) is 5.69 Å². The van der Waals surface area contributed by atoms with Crippen LogP contribution in [0.5, 0.6) is 5.75 Å². The quantitative estimate of drug-likeness (QED) is 0.320. The molecule has 1 N–H and O–H groups in total. The zero-order valence-electron chi connectivity index (χ0n) is 14.2. The number of nitroso groups, excluding NO2 is 1. The van der Waals surface area contributed by atoms with Crippen molar-refractivity contribution in [3.05, 3.63) is 75.3 Å². The minimum absolute atomic E-state index is 0.000973. The van der Waals surface area contributed by atoms with Crippen LogP contribution < -0.4 is 5.43 Å². The zero-order chi connectivity index (χ0) is 19.1. The average molecular weight is 359 g/mol. The van der Waals surface area contributed by atoms with Gasteiger partial charge in [0.05, 0.1) is 0 Å². The first-order chi connectivity index (χ1) is 13.0. The molecule has 0 fully saturated rings. The fourth-order valence-electron chi connectivity index (χ4n) is 3.18. The summed E-state index contributed by atoms with van der Waals surface area (Å²) < 4.78 is 5.79. The summed E-state index contributed by atoms with van der Waals surface area (Å²) in [5.74, 6) is 0.157. The number of carbonyl (C=O) groups is 1. The Kier molecular flexibility index (Phi) is 3.81. The Morgan fingerprint density at radius 3 is 2.56 bits per heavy atom. The second-order valence-corrected chi connectivity index (χ2v) is 6.19. The van der Waals surface area contributed by atoms with Crippen LogP contribution in [0, 0.1) is 4.91 Å². The van der Waals surface area contributed by atoms with Crippen LogP contribution in [-0.4, -0.2) is 10.9 Å². The van der Waals surface area contributed by atoms with E-state index in [-0.39, 0.29) is 22.6 Å². The molecule has 0 bridgehead atoms. The maximum absolute atomic E-state index is 11.8. The van der Waals surface area contributed by atoms with Gasteiger partial charge in [-0.1, -0.05) is 0 Å². The second kappa shape index (κ2) is 6.17. The molecule has 6 nitrogen and oxygen atoms in total. The van der Waals surface area contributed by atoms with E-state index in [9.17, 15) is 19.6 Å². The molecule has 1 aliphatic carbocycles. The lowest BCUT2D eigenvalue weighted by atomic mass is 9.91. The molecular weight excluding hydrogens is 346 g/mol. The minimum atomic E-state index is -0.233. The number of fused-ring (bicyclic) bond motifs is 2. The number of phenolic OH excluding ortho intramolecular Hbond substituents is 1. The molecular formula is C21H13NO5. The van der Waals surface area contributed by atoms with Crippen molar-refractivity contribution in [2.75, 3.05) is 0 Å². The number of benzene rings is 3. The summed E-state index contributed by atoms with van der Waals surface area (Å²) in [6, 6.07) is 13.6. The zero-order valence-corrected chi connectivity index (χ0v) is 14.2. The molecule has 1 aliphatic heterocycles. The van der Waals surface area contributed by atoms with Crippen molar-refractivity contribution in [1.82, 2.24) is 0 Å². The van der Waals surface area contributed by atoms with Crippen molar-refractivity contribution >= 4 is 22.4 Å². The van der Waals surface area contributed by atoms with Gasteiger partial charge in [-0.25, -0.2) is 0 Å². The van der Waals surface area contributed by atoms with Crippen LogP contribution in [0.15, 0.2) is 69.0 Å². The molecule has 132 valence electrons. The number of aromatic hydroxyl groups is 1. The largest absolute Gasteiger partial charge is 0.508 e. The Hall–Kier alpha value is -3.80. The average Bonchev–Trinajstić information content (AvgIpc) is 2.65. The Morgan fingerprint density at radius 1 is 1.00 bits per heavy atom. The molecule has 2 aromatic carbocycles. The van der Waals surface area contributed by atoms with Crippen molar-refractivity contribution < 1.29 is 14.3 Å². The number of ketones is 1. The lowest BCUT2D eigenvalue weighted by Crippen LogP contribution is -2.00. The van der Waals surface area contributed by atoms with Crippen molar-refractivity contribution in [3.63, 3.8) is 0 Å². The molecule has 0 saturated carbocycles. The SMILES string of the molecule is CC(=O)c1ccc(N=O)c(-c2c3ccc(=O)cc-3oc3cc(O)ccc23)c1. The van der Waals surface area contributed by atoms with Gasteiger partial charge in [-0.15, -0.1) is 4.91 Å². The summed E-state index contributed by atoms with van der Waals surface area (Å²) >= 11 is 0. The van der Waals surface area contributed by atoms with Crippen molar-refractivity contribution in [2.45, 2.75) is 6.92 Å². The first kappa shape index (κ1) is 16.7. The standard InChI is InChI=1S/C21H13NO5/c1-11(23)12-2-7-18(22-26)17(8-12)21-15-5-3-13(24)9-19(15)27-20-10-14(25)4-6-16(20)21/h2-10,24H,1H3. The number of hydrogen-bond donors (Lipinski definition) is 1. The number of rotatable bonds is 3. The third-order valence-electron chi connectivity index (χ3n) is 4.45.